The Morgan fingerprint density at radius 1 is 1.36 bits per heavy atom. The molecule has 0 atom stereocenters. The molecule has 0 unspecified atom stereocenters. The molecule has 4 nitrogen and oxygen atoms in total. The van der Waals surface area contributed by atoms with Crippen LogP contribution in [-0.2, 0) is 7.05 Å². The van der Waals surface area contributed by atoms with Crippen molar-refractivity contribution in [2.45, 2.75) is 0 Å². The number of aromatic nitrogens is 3. The largest absolute Gasteiger partial charge is 0.442 e. The predicted octanol–water partition coefficient (Wildman–Crippen LogP) is 1.08. The summed E-state index contributed by atoms with van der Waals surface area (Å²) in [5, 5.41) is 0. The van der Waals surface area contributed by atoms with Gasteiger partial charge in [0.2, 0.25) is 0 Å². The quantitative estimate of drug-likeness (QED) is 0.609. The summed E-state index contributed by atoms with van der Waals surface area (Å²) in [4.78, 5) is 8.03. The average Bonchev–Trinajstić information content (AvgIpc) is 2.55. The lowest BCUT2D eigenvalue weighted by Gasteiger charge is -1.93. The fourth-order valence-corrected chi connectivity index (χ4v) is 0.906. The van der Waals surface area contributed by atoms with Crippen molar-refractivity contribution < 1.29 is 4.42 Å². The topological polar surface area (TPSA) is 43.9 Å². The third-order valence-electron chi connectivity index (χ3n) is 1.44. The number of oxazole rings is 1. The molecule has 2 aromatic rings. The fourth-order valence-electron chi connectivity index (χ4n) is 0.906. The van der Waals surface area contributed by atoms with Gasteiger partial charge >= 0.3 is 0 Å². The second kappa shape index (κ2) is 2.23. The van der Waals surface area contributed by atoms with Crippen LogP contribution in [0.25, 0.3) is 11.7 Å². The minimum Gasteiger partial charge on any atom is -0.442 e. The van der Waals surface area contributed by atoms with Crippen molar-refractivity contribution in [2.24, 2.45) is 7.05 Å². The van der Waals surface area contributed by atoms with Gasteiger partial charge < -0.3 is 8.98 Å². The summed E-state index contributed by atoms with van der Waals surface area (Å²) in [6.07, 6.45) is 6.69. The first-order chi connectivity index (χ1) is 5.38. The number of imidazole rings is 1. The van der Waals surface area contributed by atoms with Crippen LogP contribution in [-0.4, -0.2) is 14.5 Å². The van der Waals surface area contributed by atoms with Gasteiger partial charge in [-0.05, 0) is 0 Å². The standard InChI is InChI=1S/C7H7N3O/c1-10-4-2-8-6(10)7-9-3-5-11-7/h2-5H,1H3. The van der Waals surface area contributed by atoms with Crippen LogP contribution in [0, 0.1) is 0 Å². The van der Waals surface area contributed by atoms with Crippen molar-refractivity contribution in [1.82, 2.24) is 14.5 Å². The molecule has 0 spiro atoms. The first kappa shape index (κ1) is 6.15. The smallest absolute Gasteiger partial charge is 0.262 e. The average molecular weight is 149 g/mol. The highest BCUT2D eigenvalue weighted by Crippen LogP contribution is 2.12. The van der Waals surface area contributed by atoms with E-state index in [0.29, 0.717) is 5.89 Å². The van der Waals surface area contributed by atoms with E-state index < -0.39 is 0 Å². The van der Waals surface area contributed by atoms with Gasteiger partial charge in [0.15, 0.2) is 5.82 Å². The molecular weight excluding hydrogens is 142 g/mol. The fraction of sp³-hybridized carbons (Fsp3) is 0.143. The lowest BCUT2D eigenvalue weighted by Crippen LogP contribution is -1.90. The van der Waals surface area contributed by atoms with Crippen LogP contribution in [0.2, 0.25) is 0 Å². The Bertz CT molecular complexity index is 336. The zero-order valence-electron chi connectivity index (χ0n) is 6.06. The number of aryl methyl sites for hydroxylation is 1. The number of nitrogens with zero attached hydrogens (tertiary/aromatic N) is 3. The van der Waals surface area contributed by atoms with Crippen LogP contribution < -0.4 is 0 Å². The molecule has 2 heterocycles. The molecular formula is C7H7N3O. The Hall–Kier alpha value is -1.58. The molecule has 0 bridgehead atoms. The summed E-state index contributed by atoms with van der Waals surface area (Å²) in [7, 11) is 1.90. The van der Waals surface area contributed by atoms with E-state index in [2.05, 4.69) is 9.97 Å². The van der Waals surface area contributed by atoms with Crippen molar-refractivity contribution in [3.8, 4) is 11.7 Å². The van der Waals surface area contributed by atoms with Gasteiger partial charge in [0.25, 0.3) is 5.89 Å². The molecule has 0 amide bonds. The maximum atomic E-state index is 5.06. The van der Waals surface area contributed by atoms with E-state index >= 15 is 0 Å². The van der Waals surface area contributed by atoms with Crippen molar-refractivity contribution >= 4 is 0 Å². The molecule has 2 rings (SSSR count). The van der Waals surface area contributed by atoms with Crippen molar-refractivity contribution in [1.29, 1.82) is 0 Å². The van der Waals surface area contributed by atoms with E-state index in [1.807, 2.05) is 17.8 Å². The zero-order chi connectivity index (χ0) is 7.68. The highest BCUT2D eigenvalue weighted by molar-refractivity contribution is 5.39. The minimum atomic E-state index is 0.553. The van der Waals surface area contributed by atoms with E-state index in [9.17, 15) is 0 Å². The van der Waals surface area contributed by atoms with Gasteiger partial charge in [-0.25, -0.2) is 9.97 Å². The molecule has 11 heavy (non-hydrogen) atoms. The Labute approximate surface area is 63.5 Å². The molecule has 2 aromatic heterocycles. The van der Waals surface area contributed by atoms with Gasteiger partial charge in [-0.1, -0.05) is 0 Å². The molecule has 4 heteroatoms. The van der Waals surface area contributed by atoms with Crippen LogP contribution in [0.4, 0.5) is 0 Å². The molecule has 0 aliphatic heterocycles. The van der Waals surface area contributed by atoms with Gasteiger partial charge in [-0.3, -0.25) is 0 Å². The summed E-state index contributed by atoms with van der Waals surface area (Å²) in [5.41, 5.74) is 0. The monoisotopic (exact) mass is 149 g/mol. The highest BCUT2D eigenvalue weighted by Gasteiger charge is 2.05. The molecule has 0 aliphatic rings. The van der Waals surface area contributed by atoms with Crippen molar-refractivity contribution in [3.05, 3.63) is 24.9 Å². The molecule has 0 N–H and O–H groups in total. The van der Waals surface area contributed by atoms with E-state index in [1.54, 1.807) is 12.4 Å². The Morgan fingerprint density at radius 2 is 2.27 bits per heavy atom. The second-order valence-corrected chi connectivity index (χ2v) is 2.20. The van der Waals surface area contributed by atoms with E-state index in [4.69, 9.17) is 4.42 Å². The van der Waals surface area contributed by atoms with Crippen molar-refractivity contribution in [3.63, 3.8) is 0 Å². The summed E-state index contributed by atoms with van der Waals surface area (Å²) in [6.45, 7) is 0. The minimum absolute atomic E-state index is 0.553. The normalized spacial score (nSPS) is 10.3. The molecule has 0 aromatic carbocycles. The van der Waals surface area contributed by atoms with Gasteiger partial charge in [-0.2, -0.15) is 0 Å². The predicted molar refractivity (Wildman–Crippen MR) is 38.7 cm³/mol. The van der Waals surface area contributed by atoms with Crippen LogP contribution in [0.15, 0.2) is 29.3 Å². The second-order valence-electron chi connectivity index (χ2n) is 2.20. The van der Waals surface area contributed by atoms with Gasteiger partial charge in [-0.15, -0.1) is 0 Å². The molecule has 0 radical (unpaired) electrons. The molecule has 0 saturated carbocycles. The summed E-state index contributed by atoms with van der Waals surface area (Å²) < 4.78 is 6.92. The van der Waals surface area contributed by atoms with Gasteiger partial charge in [0, 0.05) is 19.4 Å². The Kier molecular flexibility index (Phi) is 1.25. The summed E-state index contributed by atoms with van der Waals surface area (Å²) in [6, 6.07) is 0. The first-order valence-electron chi connectivity index (χ1n) is 3.25. The van der Waals surface area contributed by atoms with Gasteiger partial charge in [0.1, 0.15) is 6.26 Å². The van der Waals surface area contributed by atoms with Crippen LogP contribution in [0.1, 0.15) is 0 Å². The van der Waals surface area contributed by atoms with Crippen LogP contribution in [0.5, 0.6) is 0 Å². The third kappa shape index (κ3) is 0.920. The summed E-state index contributed by atoms with van der Waals surface area (Å²) in [5.74, 6) is 1.30. The maximum absolute atomic E-state index is 5.06. The number of hydrogen-bond donors (Lipinski definition) is 0. The molecule has 56 valence electrons. The van der Waals surface area contributed by atoms with E-state index in [-0.39, 0.29) is 0 Å². The zero-order valence-corrected chi connectivity index (χ0v) is 6.06. The SMILES string of the molecule is Cn1ccnc1-c1ncco1. The lowest BCUT2D eigenvalue weighted by atomic mass is 10.6. The lowest BCUT2D eigenvalue weighted by molar-refractivity contribution is 0.565. The van der Waals surface area contributed by atoms with Gasteiger partial charge in [0.05, 0.1) is 6.20 Å². The Balaban J connectivity index is 2.53. The third-order valence-corrected chi connectivity index (χ3v) is 1.44. The number of hydrogen-bond acceptors (Lipinski definition) is 3. The molecule has 0 fully saturated rings. The Morgan fingerprint density at radius 3 is 2.82 bits per heavy atom. The van der Waals surface area contributed by atoms with E-state index in [1.165, 1.54) is 6.26 Å². The molecule has 0 saturated heterocycles. The number of rotatable bonds is 1. The highest BCUT2D eigenvalue weighted by atomic mass is 16.3. The maximum Gasteiger partial charge on any atom is 0.262 e. The molecule has 0 aliphatic carbocycles. The summed E-state index contributed by atoms with van der Waals surface area (Å²) >= 11 is 0. The van der Waals surface area contributed by atoms with E-state index in [0.717, 1.165) is 5.82 Å². The first-order valence-corrected chi connectivity index (χ1v) is 3.25. The van der Waals surface area contributed by atoms with Crippen LogP contribution >= 0.6 is 0 Å². The van der Waals surface area contributed by atoms with Crippen LogP contribution in [0.3, 0.4) is 0 Å². The van der Waals surface area contributed by atoms with Crippen molar-refractivity contribution in [2.75, 3.05) is 0 Å².